The molecule has 0 bridgehead atoms. The third-order valence-electron chi connectivity index (χ3n) is 3.73. The van der Waals surface area contributed by atoms with Gasteiger partial charge in [-0.25, -0.2) is 0 Å². The SMILES string of the molecule is CCS[C@H]1CC[C@H](NC(=O)CCc2ccc(O)cc2)C1. The number of aromatic hydroxyl groups is 1. The quantitative estimate of drug-likeness (QED) is 0.847. The predicted octanol–water partition coefficient (Wildman–Crippen LogP) is 3.12. The number of carbonyl (C=O) groups is 1. The van der Waals surface area contributed by atoms with Gasteiger partial charge in [0.1, 0.15) is 5.75 Å². The molecule has 1 aromatic carbocycles. The maximum Gasteiger partial charge on any atom is 0.220 e. The molecule has 20 heavy (non-hydrogen) atoms. The van der Waals surface area contributed by atoms with Gasteiger partial charge in [0, 0.05) is 17.7 Å². The van der Waals surface area contributed by atoms with Crippen molar-refractivity contribution in [2.75, 3.05) is 5.75 Å². The first kappa shape index (κ1) is 15.2. The van der Waals surface area contributed by atoms with E-state index in [1.807, 2.05) is 23.9 Å². The number of carbonyl (C=O) groups excluding carboxylic acids is 1. The van der Waals surface area contributed by atoms with Gasteiger partial charge in [-0.15, -0.1) is 0 Å². The zero-order valence-electron chi connectivity index (χ0n) is 12.0. The normalized spacial score (nSPS) is 21.9. The molecule has 0 aliphatic heterocycles. The van der Waals surface area contributed by atoms with Gasteiger partial charge in [-0.3, -0.25) is 4.79 Å². The van der Waals surface area contributed by atoms with E-state index in [9.17, 15) is 9.90 Å². The first-order valence-corrected chi connectivity index (χ1v) is 8.41. The van der Waals surface area contributed by atoms with Crippen molar-refractivity contribution in [1.82, 2.24) is 5.32 Å². The minimum atomic E-state index is 0.144. The van der Waals surface area contributed by atoms with E-state index in [1.165, 1.54) is 6.42 Å². The number of amides is 1. The van der Waals surface area contributed by atoms with Gasteiger partial charge < -0.3 is 10.4 Å². The van der Waals surface area contributed by atoms with Crippen molar-refractivity contribution >= 4 is 17.7 Å². The van der Waals surface area contributed by atoms with Crippen LogP contribution < -0.4 is 5.32 Å². The molecule has 1 aromatic rings. The van der Waals surface area contributed by atoms with Gasteiger partial charge >= 0.3 is 0 Å². The summed E-state index contributed by atoms with van der Waals surface area (Å²) >= 11 is 2.01. The molecular formula is C16H23NO2S. The second-order valence-electron chi connectivity index (χ2n) is 5.32. The Morgan fingerprint density at radius 2 is 2.10 bits per heavy atom. The van der Waals surface area contributed by atoms with Crippen LogP contribution in [-0.4, -0.2) is 28.1 Å². The summed E-state index contributed by atoms with van der Waals surface area (Å²) in [6.07, 6.45) is 4.70. The molecule has 0 aromatic heterocycles. The van der Waals surface area contributed by atoms with Crippen LogP contribution in [0.2, 0.25) is 0 Å². The lowest BCUT2D eigenvalue weighted by Gasteiger charge is -2.13. The number of phenols is 1. The van der Waals surface area contributed by atoms with Crippen molar-refractivity contribution in [3.63, 3.8) is 0 Å². The van der Waals surface area contributed by atoms with Crippen molar-refractivity contribution in [2.45, 2.75) is 50.3 Å². The Morgan fingerprint density at radius 3 is 2.80 bits per heavy atom. The van der Waals surface area contributed by atoms with Gasteiger partial charge in [-0.05, 0) is 49.1 Å². The molecule has 0 spiro atoms. The van der Waals surface area contributed by atoms with Crippen LogP contribution in [0.4, 0.5) is 0 Å². The molecule has 0 saturated heterocycles. The van der Waals surface area contributed by atoms with Crippen molar-refractivity contribution in [1.29, 1.82) is 0 Å². The number of aryl methyl sites for hydroxylation is 1. The maximum atomic E-state index is 11.9. The second kappa shape index (κ2) is 7.58. The molecule has 1 saturated carbocycles. The summed E-state index contributed by atoms with van der Waals surface area (Å²) in [5.41, 5.74) is 1.09. The highest BCUT2D eigenvalue weighted by Gasteiger charge is 2.25. The van der Waals surface area contributed by atoms with Gasteiger partial charge in [0.25, 0.3) is 0 Å². The van der Waals surface area contributed by atoms with Gasteiger partial charge in [0.05, 0.1) is 0 Å². The first-order valence-electron chi connectivity index (χ1n) is 7.36. The zero-order chi connectivity index (χ0) is 14.4. The molecule has 1 amide bonds. The fourth-order valence-electron chi connectivity index (χ4n) is 2.68. The molecule has 2 rings (SSSR count). The molecule has 1 fully saturated rings. The molecular weight excluding hydrogens is 270 g/mol. The number of nitrogens with one attached hydrogen (secondary N) is 1. The van der Waals surface area contributed by atoms with E-state index in [4.69, 9.17) is 0 Å². The number of thioether (sulfide) groups is 1. The highest BCUT2D eigenvalue weighted by atomic mass is 32.2. The molecule has 0 heterocycles. The van der Waals surface area contributed by atoms with Gasteiger partial charge in [0.15, 0.2) is 0 Å². The topological polar surface area (TPSA) is 49.3 Å². The fraction of sp³-hybridized carbons (Fsp3) is 0.562. The van der Waals surface area contributed by atoms with E-state index >= 15 is 0 Å². The van der Waals surface area contributed by atoms with Gasteiger partial charge in [0.2, 0.25) is 5.91 Å². The number of benzene rings is 1. The maximum absolute atomic E-state index is 11.9. The molecule has 1 aliphatic carbocycles. The molecule has 0 unspecified atom stereocenters. The molecule has 2 N–H and O–H groups in total. The van der Waals surface area contributed by atoms with Crippen molar-refractivity contribution < 1.29 is 9.90 Å². The van der Waals surface area contributed by atoms with Crippen LogP contribution in [0.15, 0.2) is 24.3 Å². The predicted molar refractivity (Wildman–Crippen MR) is 84.1 cm³/mol. The molecule has 1 aliphatic rings. The van der Waals surface area contributed by atoms with E-state index in [0.29, 0.717) is 12.5 Å². The van der Waals surface area contributed by atoms with Crippen LogP contribution in [0, 0.1) is 0 Å². The third kappa shape index (κ3) is 4.75. The minimum absolute atomic E-state index is 0.144. The molecule has 0 radical (unpaired) electrons. The lowest BCUT2D eigenvalue weighted by atomic mass is 10.1. The summed E-state index contributed by atoms with van der Waals surface area (Å²) in [7, 11) is 0. The van der Waals surface area contributed by atoms with E-state index in [2.05, 4.69) is 12.2 Å². The standard InChI is InChI=1S/C16H23NO2S/c1-2-20-15-9-6-13(11-15)17-16(19)10-5-12-3-7-14(18)8-4-12/h3-4,7-8,13,15,18H,2,5-6,9-11H2,1H3,(H,17,19)/t13-,15-/m0/s1. The Kier molecular flexibility index (Phi) is 5.77. The molecule has 110 valence electrons. The molecule has 2 atom stereocenters. The van der Waals surface area contributed by atoms with E-state index < -0.39 is 0 Å². The summed E-state index contributed by atoms with van der Waals surface area (Å²) in [5, 5.41) is 13.1. The van der Waals surface area contributed by atoms with E-state index in [0.717, 1.165) is 35.8 Å². The second-order valence-corrected chi connectivity index (χ2v) is 6.90. The largest absolute Gasteiger partial charge is 0.508 e. The van der Waals surface area contributed by atoms with Crippen LogP contribution in [0.5, 0.6) is 5.75 Å². The van der Waals surface area contributed by atoms with Gasteiger partial charge in [-0.2, -0.15) is 11.8 Å². The monoisotopic (exact) mass is 293 g/mol. The number of phenolic OH excluding ortho intramolecular Hbond substituents is 1. The zero-order valence-corrected chi connectivity index (χ0v) is 12.8. The number of hydrogen-bond donors (Lipinski definition) is 2. The van der Waals surface area contributed by atoms with Gasteiger partial charge in [-0.1, -0.05) is 19.1 Å². The lowest BCUT2D eigenvalue weighted by Crippen LogP contribution is -2.33. The van der Waals surface area contributed by atoms with E-state index in [1.54, 1.807) is 12.1 Å². The van der Waals surface area contributed by atoms with Crippen molar-refractivity contribution in [3.05, 3.63) is 29.8 Å². The van der Waals surface area contributed by atoms with Crippen molar-refractivity contribution in [3.8, 4) is 5.75 Å². The Morgan fingerprint density at radius 1 is 1.35 bits per heavy atom. The van der Waals surface area contributed by atoms with Crippen LogP contribution >= 0.6 is 11.8 Å². The summed E-state index contributed by atoms with van der Waals surface area (Å²) in [5.74, 6) is 1.57. The summed E-state index contributed by atoms with van der Waals surface area (Å²) in [6, 6.07) is 7.43. The number of rotatable bonds is 6. The summed E-state index contributed by atoms with van der Waals surface area (Å²) in [4.78, 5) is 11.9. The molecule has 3 nitrogen and oxygen atoms in total. The van der Waals surface area contributed by atoms with Crippen LogP contribution in [0.3, 0.4) is 0 Å². The summed E-state index contributed by atoms with van der Waals surface area (Å²) < 4.78 is 0. The molecule has 4 heteroatoms. The Hall–Kier alpha value is -1.16. The minimum Gasteiger partial charge on any atom is -0.508 e. The van der Waals surface area contributed by atoms with Crippen LogP contribution in [-0.2, 0) is 11.2 Å². The third-order valence-corrected chi connectivity index (χ3v) is 4.96. The van der Waals surface area contributed by atoms with Crippen LogP contribution in [0.1, 0.15) is 38.2 Å². The average Bonchev–Trinajstić information content (AvgIpc) is 2.86. The Bertz CT molecular complexity index is 433. The first-order chi connectivity index (χ1) is 9.67. The average molecular weight is 293 g/mol. The Labute approximate surface area is 125 Å². The highest BCUT2D eigenvalue weighted by molar-refractivity contribution is 7.99. The lowest BCUT2D eigenvalue weighted by molar-refractivity contribution is -0.121. The van der Waals surface area contributed by atoms with Crippen LogP contribution in [0.25, 0.3) is 0 Å². The smallest absolute Gasteiger partial charge is 0.220 e. The van der Waals surface area contributed by atoms with E-state index in [-0.39, 0.29) is 11.7 Å². The summed E-state index contributed by atoms with van der Waals surface area (Å²) in [6.45, 7) is 2.19. The van der Waals surface area contributed by atoms with Crippen molar-refractivity contribution in [2.24, 2.45) is 0 Å². The number of hydrogen-bond acceptors (Lipinski definition) is 3. The highest BCUT2D eigenvalue weighted by Crippen LogP contribution is 2.29. The Balaban J connectivity index is 1.69. The fourth-order valence-corrected chi connectivity index (χ4v) is 3.82.